The van der Waals surface area contributed by atoms with Crippen LogP contribution in [0.5, 0.6) is 0 Å². The van der Waals surface area contributed by atoms with Crippen molar-refractivity contribution in [1.29, 1.82) is 0 Å². The number of nitrogens with two attached hydrogens (primary N) is 1. The van der Waals surface area contributed by atoms with Crippen LogP contribution in [0, 0.1) is 0 Å². The average Bonchev–Trinajstić information content (AvgIpc) is 3.07. The Morgan fingerprint density at radius 3 is 1.81 bits per heavy atom. The van der Waals surface area contributed by atoms with Gasteiger partial charge in [-0.25, -0.2) is 4.79 Å². The third-order valence-corrected chi connectivity index (χ3v) is 8.35. The number of amides is 3. The maximum atomic E-state index is 13.5. The molecule has 4 aromatic carbocycles. The second-order valence-electron chi connectivity index (χ2n) is 11.0. The molecule has 0 atom stereocenters. The molecule has 0 saturated carbocycles. The number of piperazine rings is 2. The van der Waals surface area contributed by atoms with Gasteiger partial charge < -0.3 is 20.9 Å². The molecule has 8 nitrogen and oxygen atoms in total. The number of urea groups is 1. The topological polar surface area (TPSA) is 85.1 Å². The van der Waals surface area contributed by atoms with Crippen molar-refractivity contribution < 1.29 is 9.59 Å². The smallest absolute Gasteiger partial charge is 0.323 e. The number of hydrogen-bond donors (Lipinski definition) is 2. The van der Waals surface area contributed by atoms with Crippen LogP contribution in [0.25, 0.3) is 0 Å². The molecule has 0 radical (unpaired) electrons. The van der Waals surface area contributed by atoms with Crippen LogP contribution >= 0.6 is 0 Å². The summed E-state index contributed by atoms with van der Waals surface area (Å²) in [4.78, 5) is 34.7. The van der Waals surface area contributed by atoms with Gasteiger partial charge in [-0.1, -0.05) is 78.9 Å². The first-order chi connectivity index (χ1) is 21.1. The van der Waals surface area contributed by atoms with Crippen LogP contribution in [-0.2, 0) is 0 Å². The predicted octanol–water partition coefficient (Wildman–Crippen LogP) is 4.86. The molecule has 220 valence electrons. The molecule has 8 heteroatoms. The van der Waals surface area contributed by atoms with Crippen molar-refractivity contribution in [3.8, 4) is 0 Å². The molecule has 2 fully saturated rings. The minimum atomic E-state index is -0.592. The quantitative estimate of drug-likeness (QED) is 0.329. The molecule has 3 N–H and O–H groups in total. The van der Waals surface area contributed by atoms with Gasteiger partial charge in [0.2, 0.25) is 0 Å². The molecule has 6 rings (SSSR count). The van der Waals surface area contributed by atoms with Gasteiger partial charge in [0.25, 0.3) is 5.91 Å². The zero-order valence-corrected chi connectivity index (χ0v) is 24.3. The molecule has 4 aromatic rings. The van der Waals surface area contributed by atoms with E-state index in [-0.39, 0.29) is 11.9 Å². The summed E-state index contributed by atoms with van der Waals surface area (Å²) in [5.74, 6) is -0.0369. The number of hydrogen-bond acceptors (Lipinski definition) is 5. The lowest BCUT2D eigenvalue weighted by atomic mass is 9.96. The van der Waals surface area contributed by atoms with Crippen LogP contribution in [0.2, 0.25) is 0 Å². The molecule has 2 aliphatic heterocycles. The van der Waals surface area contributed by atoms with E-state index in [4.69, 9.17) is 5.73 Å². The van der Waals surface area contributed by atoms with E-state index in [2.05, 4.69) is 75.8 Å². The Bertz CT molecular complexity index is 1480. The van der Waals surface area contributed by atoms with E-state index in [9.17, 15) is 9.59 Å². The molecule has 2 saturated heterocycles. The van der Waals surface area contributed by atoms with Crippen molar-refractivity contribution in [2.24, 2.45) is 5.73 Å². The van der Waals surface area contributed by atoms with Crippen molar-refractivity contribution in [3.63, 3.8) is 0 Å². The summed E-state index contributed by atoms with van der Waals surface area (Å²) in [5.41, 5.74) is 11.3. The van der Waals surface area contributed by atoms with Gasteiger partial charge in [-0.05, 0) is 41.5 Å². The Morgan fingerprint density at radius 1 is 0.698 bits per heavy atom. The van der Waals surface area contributed by atoms with Crippen LogP contribution in [0.3, 0.4) is 0 Å². The molecule has 0 bridgehead atoms. The van der Waals surface area contributed by atoms with Crippen molar-refractivity contribution in [2.75, 3.05) is 62.2 Å². The van der Waals surface area contributed by atoms with E-state index in [0.717, 1.165) is 45.0 Å². The van der Waals surface area contributed by atoms with E-state index in [0.29, 0.717) is 30.0 Å². The molecule has 43 heavy (non-hydrogen) atoms. The number of nitrogens with zero attached hydrogens (tertiary/aromatic N) is 4. The number of nitrogens with one attached hydrogen (secondary N) is 1. The number of carbonyl (C=O) groups excluding carboxylic acids is 2. The third kappa shape index (κ3) is 6.26. The first-order valence-electron chi connectivity index (χ1n) is 15.0. The third-order valence-electron chi connectivity index (χ3n) is 8.35. The summed E-state index contributed by atoms with van der Waals surface area (Å²) in [6.07, 6.45) is 0. The molecule has 0 spiro atoms. The summed E-state index contributed by atoms with van der Waals surface area (Å²) < 4.78 is 0. The zero-order chi connectivity index (χ0) is 29.6. The monoisotopic (exact) mass is 574 g/mol. The van der Waals surface area contributed by atoms with Crippen molar-refractivity contribution >= 4 is 29.0 Å². The first kappa shape index (κ1) is 28.5. The van der Waals surface area contributed by atoms with Gasteiger partial charge in [-0.15, -0.1) is 0 Å². The predicted molar refractivity (Wildman–Crippen MR) is 172 cm³/mol. The minimum Gasteiger partial charge on any atom is -0.367 e. The normalized spacial score (nSPS) is 15.8. The van der Waals surface area contributed by atoms with Gasteiger partial charge in [0.05, 0.1) is 23.1 Å². The van der Waals surface area contributed by atoms with E-state index >= 15 is 0 Å². The van der Waals surface area contributed by atoms with Gasteiger partial charge in [0, 0.05) is 57.9 Å². The first-order valence-corrected chi connectivity index (χ1v) is 15.0. The fourth-order valence-corrected chi connectivity index (χ4v) is 6.22. The van der Waals surface area contributed by atoms with E-state index in [1.165, 1.54) is 16.0 Å². The second-order valence-corrected chi connectivity index (χ2v) is 11.0. The van der Waals surface area contributed by atoms with Gasteiger partial charge in [0.15, 0.2) is 0 Å². The van der Waals surface area contributed by atoms with Crippen LogP contribution in [-0.4, -0.2) is 74.1 Å². The Hall–Kier alpha value is -4.66. The molecule has 3 amide bonds. The summed E-state index contributed by atoms with van der Waals surface area (Å²) in [6.45, 7) is 6.02. The minimum absolute atomic E-state index is 0.0369. The lowest BCUT2D eigenvalue weighted by Gasteiger charge is -2.41. The maximum Gasteiger partial charge on any atom is 0.323 e. The lowest BCUT2D eigenvalue weighted by Crippen LogP contribution is -2.48. The Labute approximate surface area is 253 Å². The number of anilines is 3. The summed E-state index contributed by atoms with van der Waals surface area (Å²) >= 11 is 0. The van der Waals surface area contributed by atoms with E-state index in [1.54, 1.807) is 0 Å². The van der Waals surface area contributed by atoms with E-state index in [1.807, 2.05) is 53.4 Å². The van der Waals surface area contributed by atoms with Crippen LogP contribution < -0.4 is 20.9 Å². The average molecular weight is 575 g/mol. The lowest BCUT2D eigenvalue weighted by molar-refractivity contribution is 0.0736. The van der Waals surface area contributed by atoms with Crippen molar-refractivity contribution in [1.82, 2.24) is 15.1 Å². The van der Waals surface area contributed by atoms with Gasteiger partial charge in [-0.3, -0.25) is 14.6 Å². The fraction of sp³-hybridized carbons (Fsp3) is 0.257. The SMILES string of the molecule is NC(=O)N(c1ccccc1)c1cc(C(=O)N2CCNCC2)ccc1N1CCN(C(c2ccccc2)c2ccccc2)CC1. The highest BCUT2D eigenvalue weighted by molar-refractivity contribution is 6.04. The summed E-state index contributed by atoms with van der Waals surface area (Å²) in [5, 5.41) is 3.30. The van der Waals surface area contributed by atoms with Gasteiger partial charge in [0.1, 0.15) is 0 Å². The molecular formula is C35H38N6O2. The number of rotatable bonds is 7. The second kappa shape index (κ2) is 13.1. The van der Waals surface area contributed by atoms with Crippen LogP contribution in [0.15, 0.2) is 109 Å². The zero-order valence-electron chi connectivity index (χ0n) is 24.3. The number of carbonyl (C=O) groups is 2. The highest BCUT2D eigenvalue weighted by Gasteiger charge is 2.30. The molecule has 0 unspecified atom stereocenters. The molecule has 0 aliphatic carbocycles. The van der Waals surface area contributed by atoms with Crippen LogP contribution in [0.4, 0.5) is 21.9 Å². The standard InChI is InChI=1S/C35H38N6O2/c36-35(43)41(30-14-8-3-9-15-30)32-26-29(34(42)40-20-18-37-19-21-40)16-17-31(32)38-22-24-39(25-23-38)33(27-10-4-1-5-11-27)28-12-6-2-7-13-28/h1-17,26,33,37H,18-25H2,(H2,36,43). The number of primary amides is 1. The van der Waals surface area contributed by atoms with E-state index < -0.39 is 6.03 Å². The molecule has 0 aromatic heterocycles. The highest BCUT2D eigenvalue weighted by Crippen LogP contribution is 2.37. The highest BCUT2D eigenvalue weighted by atomic mass is 16.2. The number of para-hydroxylation sites is 1. The summed E-state index contributed by atoms with van der Waals surface area (Å²) in [6, 6.07) is 35.9. The van der Waals surface area contributed by atoms with Crippen LogP contribution in [0.1, 0.15) is 27.5 Å². The number of benzene rings is 4. The maximum absolute atomic E-state index is 13.5. The fourth-order valence-electron chi connectivity index (χ4n) is 6.22. The Morgan fingerprint density at radius 2 is 1.26 bits per heavy atom. The van der Waals surface area contributed by atoms with Crippen molar-refractivity contribution in [2.45, 2.75) is 6.04 Å². The molecule has 2 aliphatic rings. The van der Waals surface area contributed by atoms with Gasteiger partial charge in [-0.2, -0.15) is 0 Å². The molecule has 2 heterocycles. The Balaban J connectivity index is 1.32. The van der Waals surface area contributed by atoms with Crippen molar-refractivity contribution in [3.05, 3.63) is 126 Å². The summed E-state index contributed by atoms with van der Waals surface area (Å²) in [7, 11) is 0. The Kier molecular flexibility index (Phi) is 8.67. The van der Waals surface area contributed by atoms with Gasteiger partial charge >= 0.3 is 6.03 Å². The largest absolute Gasteiger partial charge is 0.367 e. The molecular weight excluding hydrogens is 536 g/mol.